The maximum absolute atomic E-state index is 11.8. The van der Waals surface area contributed by atoms with E-state index in [0.29, 0.717) is 9.21 Å². The number of urea groups is 1. The molecule has 7 nitrogen and oxygen atoms in total. The number of ketones is 1. The summed E-state index contributed by atoms with van der Waals surface area (Å²) in [6.45, 7) is -0.560. The summed E-state index contributed by atoms with van der Waals surface area (Å²) in [5.74, 6) is -1.61. The molecule has 1 heterocycles. The van der Waals surface area contributed by atoms with Crippen molar-refractivity contribution in [2.75, 3.05) is 6.61 Å². The van der Waals surface area contributed by atoms with Crippen molar-refractivity contribution in [3.05, 3.63) is 21.3 Å². The van der Waals surface area contributed by atoms with Crippen molar-refractivity contribution >= 4 is 46.6 Å². The van der Waals surface area contributed by atoms with Gasteiger partial charge in [0.25, 0.3) is 5.91 Å². The molecule has 1 aliphatic rings. The van der Waals surface area contributed by atoms with Gasteiger partial charge in [-0.2, -0.15) is 0 Å². The predicted molar refractivity (Wildman–Crippen MR) is 83.5 cm³/mol. The molecule has 3 amide bonds. The van der Waals surface area contributed by atoms with Crippen LogP contribution in [0.1, 0.15) is 35.4 Å². The van der Waals surface area contributed by atoms with E-state index >= 15 is 0 Å². The second-order valence-corrected chi connectivity index (χ2v) is 6.70. The van der Waals surface area contributed by atoms with E-state index in [9.17, 15) is 19.2 Å². The van der Waals surface area contributed by atoms with Crippen LogP contribution in [0.3, 0.4) is 0 Å². The summed E-state index contributed by atoms with van der Waals surface area (Å²) in [6, 6.07) is 2.72. The Morgan fingerprint density at radius 2 is 1.96 bits per heavy atom. The summed E-state index contributed by atoms with van der Waals surface area (Å²) in [6.07, 6.45) is 1.63. The second-order valence-electron chi connectivity index (χ2n) is 4.98. The summed E-state index contributed by atoms with van der Waals surface area (Å²) < 4.78 is 5.21. The van der Waals surface area contributed by atoms with Crippen LogP contribution in [0.2, 0.25) is 4.34 Å². The number of carbonyl (C=O) groups excluding carboxylic acids is 4. The van der Waals surface area contributed by atoms with Crippen LogP contribution in [0.5, 0.6) is 0 Å². The van der Waals surface area contributed by atoms with Crippen molar-refractivity contribution in [2.45, 2.75) is 31.7 Å². The number of carbonyl (C=O) groups is 4. The fourth-order valence-electron chi connectivity index (χ4n) is 1.63. The van der Waals surface area contributed by atoms with E-state index in [2.05, 4.69) is 10.6 Å². The van der Waals surface area contributed by atoms with Crippen LogP contribution in [-0.2, 0) is 14.3 Å². The quantitative estimate of drug-likeness (QED) is 0.572. The van der Waals surface area contributed by atoms with Crippen molar-refractivity contribution in [3.8, 4) is 0 Å². The van der Waals surface area contributed by atoms with Gasteiger partial charge in [-0.25, -0.2) is 4.79 Å². The number of amides is 3. The Hall–Kier alpha value is -1.93. The molecule has 1 aliphatic carbocycles. The van der Waals surface area contributed by atoms with Crippen LogP contribution in [0, 0.1) is 0 Å². The van der Waals surface area contributed by atoms with Crippen LogP contribution in [0.4, 0.5) is 4.79 Å². The molecule has 2 rings (SSSR count). The van der Waals surface area contributed by atoms with Gasteiger partial charge >= 0.3 is 12.0 Å². The highest BCUT2D eigenvalue weighted by Gasteiger charge is 2.24. The monoisotopic (exact) mass is 358 g/mol. The van der Waals surface area contributed by atoms with Gasteiger partial charge in [0.05, 0.1) is 15.6 Å². The minimum absolute atomic E-state index is 0.0283. The lowest BCUT2D eigenvalue weighted by molar-refractivity contribution is -0.148. The Balaban J connectivity index is 1.61. The van der Waals surface area contributed by atoms with E-state index in [4.69, 9.17) is 16.3 Å². The van der Waals surface area contributed by atoms with E-state index in [0.717, 1.165) is 24.2 Å². The molecule has 0 aromatic carbocycles. The zero-order chi connectivity index (χ0) is 16.8. The van der Waals surface area contributed by atoms with Crippen LogP contribution in [-0.4, -0.2) is 36.3 Å². The van der Waals surface area contributed by atoms with Gasteiger partial charge < -0.3 is 10.1 Å². The van der Waals surface area contributed by atoms with E-state index in [1.54, 1.807) is 12.1 Å². The van der Waals surface area contributed by atoms with Gasteiger partial charge in [0, 0.05) is 12.5 Å². The van der Waals surface area contributed by atoms with Crippen molar-refractivity contribution in [2.24, 2.45) is 0 Å². The molecule has 0 saturated heterocycles. The number of hydrogen-bond donors (Lipinski definition) is 2. The summed E-state index contributed by atoms with van der Waals surface area (Å²) in [4.78, 5) is 46.4. The standard InChI is InChI=1S/C14H15ClN2O5S/c15-11-5-4-10(23-11)9(18)3-6-13(20)22-7-12(19)17-14(21)16-8-1-2-8/h4-5,8H,1-3,6-7H2,(H2,16,17,19,21). The lowest BCUT2D eigenvalue weighted by atomic mass is 10.2. The summed E-state index contributed by atoms with van der Waals surface area (Å²) in [7, 11) is 0. The Labute approximate surface area is 141 Å². The van der Waals surface area contributed by atoms with Gasteiger partial charge in [0.15, 0.2) is 12.4 Å². The highest BCUT2D eigenvalue weighted by Crippen LogP contribution is 2.23. The lowest BCUT2D eigenvalue weighted by Crippen LogP contribution is -2.42. The Bertz CT molecular complexity index is 626. The van der Waals surface area contributed by atoms with Crippen LogP contribution in [0.25, 0.3) is 0 Å². The molecule has 1 aromatic rings. The average Bonchev–Trinajstić information content (AvgIpc) is 3.20. The number of rotatable bonds is 7. The van der Waals surface area contributed by atoms with Gasteiger partial charge in [-0.3, -0.25) is 19.7 Å². The Kier molecular flexibility index (Phi) is 6.12. The van der Waals surface area contributed by atoms with Crippen LogP contribution in [0.15, 0.2) is 12.1 Å². The molecule has 23 heavy (non-hydrogen) atoms. The number of ether oxygens (including phenoxy) is 1. The highest BCUT2D eigenvalue weighted by atomic mass is 35.5. The maximum Gasteiger partial charge on any atom is 0.321 e. The van der Waals surface area contributed by atoms with Crippen molar-refractivity contribution < 1.29 is 23.9 Å². The molecule has 124 valence electrons. The summed E-state index contributed by atoms with van der Waals surface area (Å²) in [5, 5.41) is 4.62. The SMILES string of the molecule is O=C(COC(=O)CCC(=O)c1ccc(Cl)s1)NC(=O)NC1CC1. The summed E-state index contributed by atoms with van der Waals surface area (Å²) >= 11 is 6.86. The molecule has 1 fully saturated rings. The third-order valence-corrected chi connectivity index (χ3v) is 4.21. The fraction of sp³-hybridized carbons (Fsp3) is 0.429. The Morgan fingerprint density at radius 1 is 1.22 bits per heavy atom. The first kappa shape index (κ1) is 17.4. The van der Waals surface area contributed by atoms with Crippen LogP contribution >= 0.6 is 22.9 Å². The first-order valence-corrected chi connectivity index (χ1v) is 8.18. The lowest BCUT2D eigenvalue weighted by Gasteiger charge is -2.06. The molecule has 1 aromatic heterocycles. The Morgan fingerprint density at radius 3 is 2.57 bits per heavy atom. The van der Waals surface area contributed by atoms with E-state index in [-0.39, 0.29) is 24.7 Å². The zero-order valence-electron chi connectivity index (χ0n) is 12.1. The molecular weight excluding hydrogens is 344 g/mol. The number of thiophene rings is 1. The van der Waals surface area contributed by atoms with Crippen molar-refractivity contribution in [1.82, 2.24) is 10.6 Å². The second kappa shape index (κ2) is 8.07. The van der Waals surface area contributed by atoms with Gasteiger partial charge in [-0.05, 0) is 25.0 Å². The topological polar surface area (TPSA) is 102 Å². The van der Waals surface area contributed by atoms with E-state index < -0.39 is 24.5 Å². The number of halogens is 1. The van der Waals surface area contributed by atoms with Gasteiger partial charge in [0.1, 0.15) is 0 Å². The fourth-order valence-corrected chi connectivity index (χ4v) is 2.64. The smallest absolute Gasteiger partial charge is 0.321 e. The van der Waals surface area contributed by atoms with Gasteiger partial charge in [-0.1, -0.05) is 11.6 Å². The first-order chi connectivity index (χ1) is 10.9. The normalized spacial score (nSPS) is 13.3. The third-order valence-electron chi connectivity index (χ3n) is 2.93. The molecule has 0 spiro atoms. The first-order valence-electron chi connectivity index (χ1n) is 6.98. The largest absolute Gasteiger partial charge is 0.456 e. The molecule has 1 saturated carbocycles. The molecular formula is C14H15ClN2O5S. The van der Waals surface area contributed by atoms with Crippen molar-refractivity contribution in [3.63, 3.8) is 0 Å². The molecule has 0 aliphatic heterocycles. The predicted octanol–water partition coefficient (Wildman–Crippen LogP) is 1.90. The molecule has 0 unspecified atom stereocenters. The van der Waals surface area contributed by atoms with Gasteiger partial charge in [-0.15, -0.1) is 11.3 Å². The minimum Gasteiger partial charge on any atom is -0.456 e. The average molecular weight is 359 g/mol. The molecule has 0 radical (unpaired) electrons. The number of esters is 1. The molecule has 0 bridgehead atoms. The molecule has 9 heteroatoms. The van der Waals surface area contributed by atoms with E-state index in [1.165, 1.54) is 0 Å². The van der Waals surface area contributed by atoms with E-state index in [1.807, 2.05) is 0 Å². The highest BCUT2D eigenvalue weighted by molar-refractivity contribution is 7.18. The molecule has 0 atom stereocenters. The number of hydrogen-bond acceptors (Lipinski definition) is 6. The van der Waals surface area contributed by atoms with Gasteiger partial charge in [0.2, 0.25) is 0 Å². The van der Waals surface area contributed by atoms with Crippen molar-refractivity contribution in [1.29, 1.82) is 0 Å². The minimum atomic E-state index is -0.715. The number of nitrogens with one attached hydrogen (secondary N) is 2. The van der Waals surface area contributed by atoms with Crippen LogP contribution < -0.4 is 10.6 Å². The molecule has 2 N–H and O–H groups in total. The number of Topliss-reactive ketones (excluding diaryl/α,β-unsaturated/α-hetero) is 1. The maximum atomic E-state index is 11.8. The third kappa shape index (κ3) is 6.37. The zero-order valence-corrected chi connectivity index (χ0v) is 13.7. The summed E-state index contributed by atoms with van der Waals surface area (Å²) in [5.41, 5.74) is 0. The number of imide groups is 1.